The zero-order chi connectivity index (χ0) is 19.9. The molecule has 1 N–H and O–H groups in total. The molecule has 6 nitrogen and oxygen atoms in total. The van der Waals surface area contributed by atoms with Crippen molar-refractivity contribution in [1.29, 1.82) is 0 Å². The summed E-state index contributed by atoms with van der Waals surface area (Å²) in [6.45, 7) is 1.45. The molecule has 0 bridgehead atoms. The molecule has 0 radical (unpaired) electrons. The van der Waals surface area contributed by atoms with E-state index in [1.165, 1.54) is 11.8 Å². The van der Waals surface area contributed by atoms with Crippen molar-refractivity contribution in [2.24, 2.45) is 0 Å². The van der Waals surface area contributed by atoms with Crippen molar-refractivity contribution in [2.75, 3.05) is 11.9 Å². The predicted molar refractivity (Wildman–Crippen MR) is 108 cm³/mol. The second-order valence-electron chi connectivity index (χ2n) is 5.85. The topological polar surface area (TPSA) is 81.4 Å². The van der Waals surface area contributed by atoms with Crippen LogP contribution in [0.3, 0.4) is 0 Å². The van der Waals surface area contributed by atoms with Crippen LogP contribution >= 0.6 is 23.4 Å². The first kappa shape index (κ1) is 20.0. The number of benzene rings is 2. The number of amides is 1. The number of halogens is 1. The Kier molecular flexibility index (Phi) is 6.73. The van der Waals surface area contributed by atoms with E-state index in [4.69, 9.17) is 20.9 Å². The number of aryl methyl sites for hydroxylation is 1. The number of esters is 1. The molecule has 0 atom stereocenters. The van der Waals surface area contributed by atoms with Crippen LogP contribution in [0.5, 0.6) is 0 Å². The zero-order valence-corrected chi connectivity index (χ0v) is 16.5. The van der Waals surface area contributed by atoms with Gasteiger partial charge in [-0.1, -0.05) is 35.0 Å². The summed E-state index contributed by atoms with van der Waals surface area (Å²) in [5.74, 6) is 0.225. The van der Waals surface area contributed by atoms with Crippen LogP contribution in [-0.2, 0) is 15.3 Å². The van der Waals surface area contributed by atoms with E-state index in [0.717, 1.165) is 10.6 Å². The number of aromatic nitrogens is 1. The number of carbonyl (C=O) groups is 2. The fourth-order valence-electron chi connectivity index (χ4n) is 2.37. The number of thioether (sulfide) groups is 1. The highest BCUT2D eigenvalue weighted by atomic mass is 35.5. The SMILES string of the molecule is Cc1cc(CSc2ccccc2C(=O)OCC(=O)Nc2cccc(Cl)c2)on1. The van der Waals surface area contributed by atoms with Crippen molar-refractivity contribution < 1.29 is 18.8 Å². The maximum Gasteiger partial charge on any atom is 0.339 e. The van der Waals surface area contributed by atoms with Crippen molar-refractivity contribution in [1.82, 2.24) is 5.16 Å². The number of nitrogens with zero attached hydrogens (tertiary/aromatic N) is 1. The summed E-state index contributed by atoms with van der Waals surface area (Å²) in [5, 5.41) is 6.97. The third-order valence-corrected chi connectivity index (χ3v) is 4.93. The number of carbonyl (C=O) groups excluding carboxylic acids is 2. The third-order valence-electron chi connectivity index (χ3n) is 3.60. The maximum absolute atomic E-state index is 12.4. The summed E-state index contributed by atoms with van der Waals surface area (Å²) in [5.41, 5.74) is 1.72. The van der Waals surface area contributed by atoms with Gasteiger partial charge >= 0.3 is 5.97 Å². The van der Waals surface area contributed by atoms with Crippen LogP contribution in [0, 0.1) is 6.92 Å². The molecule has 2 aromatic carbocycles. The van der Waals surface area contributed by atoms with Gasteiger partial charge in [0.1, 0.15) is 5.76 Å². The van der Waals surface area contributed by atoms with Crippen molar-refractivity contribution in [2.45, 2.75) is 17.6 Å². The monoisotopic (exact) mass is 416 g/mol. The fraction of sp³-hybridized carbons (Fsp3) is 0.150. The number of ether oxygens (including phenoxy) is 1. The molecule has 8 heteroatoms. The Labute approximate surface area is 171 Å². The number of nitrogens with one attached hydrogen (secondary N) is 1. The van der Waals surface area contributed by atoms with Gasteiger partial charge in [-0.15, -0.1) is 11.8 Å². The molecule has 3 rings (SSSR count). The van der Waals surface area contributed by atoms with Gasteiger partial charge in [0, 0.05) is 21.7 Å². The molecule has 0 fully saturated rings. The summed E-state index contributed by atoms with van der Waals surface area (Å²) in [7, 11) is 0. The van der Waals surface area contributed by atoms with Crippen LogP contribution in [-0.4, -0.2) is 23.6 Å². The Morgan fingerprint density at radius 2 is 2.00 bits per heavy atom. The molecule has 0 unspecified atom stereocenters. The molecule has 144 valence electrons. The first-order valence-corrected chi connectivity index (χ1v) is 9.74. The second kappa shape index (κ2) is 9.43. The van der Waals surface area contributed by atoms with Gasteiger partial charge in [0.15, 0.2) is 6.61 Å². The molecule has 1 amide bonds. The van der Waals surface area contributed by atoms with Gasteiger partial charge in [-0.2, -0.15) is 0 Å². The van der Waals surface area contributed by atoms with E-state index in [-0.39, 0.29) is 0 Å². The van der Waals surface area contributed by atoms with Crippen molar-refractivity contribution in [3.63, 3.8) is 0 Å². The molecular weight excluding hydrogens is 400 g/mol. The van der Waals surface area contributed by atoms with Crippen molar-refractivity contribution in [3.05, 3.63) is 76.6 Å². The average Bonchev–Trinajstić information content (AvgIpc) is 3.10. The Bertz CT molecular complexity index is 990. The number of rotatable bonds is 7. The largest absolute Gasteiger partial charge is 0.452 e. The van der Waals surface area contributed by atoms with E-state index in [1.54, 1.807) is 36.4 Å². The summed E-state index contributed by atoms with van der Waals surface area (Å²) < 4.78 is 10.3. The molecule has 3 aromatic rings. The molecule has 1 aromatic heterocycles. The highest BCUT2D eigenvalue weighted by Crippen LogP contribution is 2.27. The Morgan fingerprint density at radius 1 is 1.18 bits per heavy atom. The van der Waals surface area contributed by atoms with Gasteiger partial charge in [0.25, 0.3) is 5.91 Å². The zero-order valence-electron chi connectivity index (χ0n) is 15.0. The van der Waals surface area contributed by atoms with Crippen LogP contribution in [0.1, 0.15) is 21.8 Å². The van der Waals surface area contributed by atoms with Gasteiger partial charge in [-0.05, 0) is 37.3 Å². The minimum Gasteiger partial charge on any atom is -0.452 e. The number of anilines is 1. The van der Waals surface area contributed by atoms with Crippen LogP contribution in [0.4, 0.5) is 5.69 Å². The lowest BCUT2D eigenvalue weighted by atomic mass is 10.2. The van der Waals surface area contributed by atoms with E-state index in [9.17, 15) is 9.59 Å². The second-order valence-corrected chi connectivity index (χ2v) is 7.31. The molecule has 0 spiro atoms. The molecular formula is C20H17ClN2O4S. The van der Waals surface area contributed by atoms with Crippen LogP contribution in [0.25, 0.3) is 0 Å². The molecule has 0 aliphatic heterocycles. The summed E-state index contributed by atoms with van der Waals surface area (Å²) in [6, 6.07) is 15.6. The number of hydrogen-bond acceptors (Lipinski definition) is 6. The van der Waals surface area contributed by atoms with Gasteiger partial charge in [-0.3, -0.25) is 4.79 Å². The van der Waals surface area contributed by atoms with Crippen LogP contribution in [0.15, 0.2) is 64.0 Å². The van der Waals surface area contributed by atoms with Gasteiger partial charge in [-0.25, -0.2) is 4.79 Å². The standard InChI is InChI=1S/C20H17ClN2O4S/c1-13-9-16(27-23-13)12-28-18-8-3-2-7-17(18)20(25)26-11-19(24)22-15-6-4-5-14(21)10-15/h2-10H,11-12H2,1H3,(H,22,24). The van der Waals surface area contributed by atoms with E-state index < -0.39 is 18.5 Å². The van der Waals surface area contributed by atoms with Crippen LogP contribution in [0.2, 0.25) is 5.02 Å². The lowest BCUT2D eigenvalue weighted by Gasteiger charge is -2.09. The first-order chi connectivity index (χ1) is 13.5. The Hall–Kier alpha value is -2.77. The van der Waals surface area contributed by atoms with Gasteiger partial charge in [0.2, 0.25) is 0 Å². The normalized spacial score (nSPS) is 10.5. The predicted octanol–water partition coefficient (Wildman–Crippen LogP) is 4.72. The summed E-state index contributed by atoms with van der Waals surface area (Å²) in [4.78, 5) is 25.2. The first-order valence-electron chi connectivity index (χ1n) is 8.38. The van der Waals surface area contributed by atoms with E-state index in [0.29, 0.717) is 27.8 Å². The van der Waals surface area contributed by atoms with E-state index in [2.05, 4.69) is 10.5 Å². The number of hydrogen-bond donors (Lipinski definition) is 1. The minimum absolute atomic E-state index is 0.388. The van der Waals surface area contributed by atoms with E-state index in [1.807, 2.05) is 25.1 Å². The molecule has 1 heterocycles. The molecule has 0 aliphatic carbocycles. The van der Waals surface area contributed by atoms with Gasteiger partial charge in [0.05, 0.1) is 17.0 Å². The molecule has 28 heavy (non-hydrogen) atoms. The minimum atomic E-state index is -0.571. The summed E-state index contributed by atoms with van der Waals surface area (Å²) >= 11 is 7.31. The Morgan fingerprint density at radius 3 is 2.75 bits per heavy atom. The highest BCUT2D eigenvalue weighted by Gasteiger charge is 2.15. The quantitative estimate of drug-likeness (QED) is 0.443. The maximum atomic E-state index is 12.4. The Balaban J connectivity index is 1.57. The summed E-state index contributed by atoms with van der Waals surface area (Å²) in [6.07, 6.45) is 0. The molecule has 0 aliphatic rings. The fourth-order valence-corrected chi connectivity index (χ4v) is 3.47. The lowest BCUT2D eigenvalue weighted by Crippen LogP contribution is -2.21. The molecule has 0 saturated heterocycles. The molecule has 0 saturated carbocycles. The smallest absolute Gasteiger partial charge is 0.339 e. The average molecular weight is 417 g/mol. The van der Waals surface area contributed by atoms with Crippen molar-refractivity contribution >= 4 is 40.9 Å². The van der Waals surface area contributed by atoms with Gasteiger partial charge < -0.3 is 14.6 Å². The van der Waals surface area contributed by atoms with Crippen molar-refractivity contribution in [3.8, 4) is 0 Å². The lowest BCUT2D eigenvalue weighted by molar-refractivity contribution is -0.119. The third kappa shape index (κ3) is 5.61. The highest BCUT2D eigenvalue weighted by molar-refractivity contribution is 7.98. The van der Waals surface area contributed by atoms with Crippen LogP contribution < -0.4 is 5.32 Å². The van der Waals surface area contributed by atoms with E-state index >= 15 is 0 Å².